The molecule has 0 radical (unpaired) electrons. The van der Waals surface area contributed by atoms with Gasteiger partial charge in [0.25, 0.3) is 0 Å². The largest absolute Gasteiger partial charge is 0.398 e. The standard InChI is InChI=1S/C11H13BrN4O2S/c12-7-5-8-9(13)1-2-10(11(8)16-6-7)15-3-4-19(14,17)18/h1-2,5-6,15H,3-4,13H2,(H2,14,17,18). The minimum Gasteiger partial charge on any atom is -0.398 e. The molecule has 0 unspecified atom stereocenters. The highest BCUT2D eigenvalue weighted by Crippen LogP contribution is 2.28. The number of nitrogens with two attached hydrogens (primary N) is 2. The van der Waals surface area contributed by atoms with Crippen molar-refractivity contribution in [1.29, 1.82) is 0 Å². The number of aromatic nitrogens is 1. The van der Waals surface area contributed by atoms with Crippen LogP contribution in [0.4, 0.5) is 11.4 Å². The molecule has 0 aliphatic heterocycles. The molecule has 0 bridgehead atoms. The van der Waals surface area contributed by atoms with Crippen LogP contribution in [0, 0.1) is 0 Å². The minimum atomic E-state index is -3.48. The molecule has 8 heteroatoms. The van der Waals surface area contributed by atoms with Crippen LogP contribution in [0.2, 0.25) is 0 Å². The number of benzene rings is 1. The van der Waals surface area contributed by atoms with Gasteiger partial charge in [-0.05, 0) is 34.1 Å². The van der Waals surface area contributed by atoms with Crippen LogP contribution in [0.3, 0.4) is 0 Å². The number of nitrogen functional groups attached to an aromatic ring is 1. The number of halogens is 1. The Morgan fingerprint density at radius 2 is 2.11 bits per heavy atom. The smallest absolute Gasteiger partial charge is 0.210 e. The fraction of sp³-hybridized carbons (Fsp3) is 0.182. The SMILES string of the molecule is Nc1ccc(NCCS(N)(=O)=O)c2ncc(Br)cc12. The summed E-state index contributed by atoms with van der Waals surface area (Å²) in [6.45, 7) is 0.218. The quantitative estimate of drug-likeness (QED) is 0.723. The van der Waals surface area contributed by atoms with E-state index in [2.05, 4.69) is 26.2 Å². The highest BCUT2D eigenvalue weighted by atomic mass is 79.9. The van der Waals surface area contributed by atoms with E-state index in [0.717, 1.165) is 15.5 Å². The zero-order chi connectivity index (χ0) is 14.0. The number of hydrogen-bond donors (Lipinski definition) is 3. The van der Waals surface area contributed by atoms with Crippen molar-refractivity contribution in [3.8, 4) is 0 Å². The summed E-state index contributed by atoms with van der Waals surface area (Å²) in [6, 6.07) is 5.37. The molecule has 1 aromatic heterocycles. The van der Waals surface area contributed by atoms with E-state index >= 15 is 0 Å². The van der Waals surface area contributed by atoms with Gasteiger partial charge >= 0.3 is 0 Å². The van der Waals surface area contributed by atoms with Gasteiger partial charge in [0.1, 0.15) is 0 Å². The van der Waals surface area contributed by atoms with E-state index in [1.807, 2.05) is 6.07 Å². The van der Waals surface area contributed by atoms with Crippen LogP contribution in [0.5, 0.6) is 0 Å². The van der Waals surface area contributed by atoms with Gasteiger partial charge in [0.2, 0.25) is 10.0 Å². The molecular formula is C11H13BrN4O2S. The van der Waals surface area contributed by atoms with E-state index in [4.69, 9.17) is 10.9 Å². The molecule has 0 aliphatic rings. The number of hydrogen-bond acceptors (Lipinski definition) is 5. The average molecular weight is 345 g/mol. The Balaban J connectivity index is 2.31. The van der Waals surface area contributed by atoms with Gasteiger partial charge in [0, 0.05) is 28.3 Å². The third kappa shape index (κ3) is 3.55. The van der Waals surface area contributed by atoms with Crippen molar-refractivity contribution < 1.29 is 8.42 Å². The lowest BCUT2D eigenvalue weighted by atomic mass is 10.1. The molecule has 0 spiro atoms. The fourth-order valence-electron chi connectivity index (χ4n) is 1.69. The van der Waals surface area contributed by atoms with Gasteiger partial charge < -0.3 is 11.1 Å². The van der Waals surface area contributed by atoms with Crippen molar-refractivity contribution in [1.82, 2.24) is 4.98 Å². The Morgan fingerprint density at radius 1 is 1.37 bits per heavy atom. The fourth-order valence-corrected chi connectivity index (χ4v) is 2.40. The van der Waals surface area contributed by atoms with Crippen LogP contribution in [-0.4, -0.2) is 25.7 Å². The molecule has 0 saturated carbocycles. The van der Waals surface area contributed by atoms with Crippen LogP contribution in [0.1, 0.15) is 0 Å². The molecule has 0 saturated heterocycles. The van der Waals surface area contributed by atoms with Gasteiger partial charge in [0.15, 0.2) is 0 Å². The molecule has 6 nitrogen and oxygen atoms in total. The second-order valence-corrected chi connectivity index (χ2v) is 6.70. The van der Waals surface area contributed by atoms with Crippen molar-refractivity contribution in [2.24, 2.45) is 5.14 Å². The summed E-state index contributed by atoms with van der Waals surface area (Å²) in [5, 5.41) is 8.75. The molecule has 5 N–H and O–H groups in total. The maximum Gasteiger partial charge on any atom is 0.210 e. The summed E-state index contributed by atoms with van der Waals surface area (Å²) in [6.07, 6.45) is 1.66. The van der Waals surface area contributed by atoms with E-state index in [0.29, 0.717) is 11.2 Å². The molecular weight excluding hydrogens is 332 g/mol. The number of nitrogens with zero attached hydrogens (tertiary/aromatic N) is 1. The summed E-state index contributed by atoms with van der Waals surface area (Å²) in [7, 11) is -3.48. The van der Waals surface area contributed by atoms with Gasteiger partial charge in [-0.25, -0.2) is 13.6 Å². The van der Waals surface area contributed by atoms with E-state index < -0.39 is 10.0 Å². The Morgan fingerprint density at radius 3 is 2.79 bits per heavy atom. The maximum absolute atomic E-state index is 10.9. The van der Waals surface area contributed by atoms with Crippen molar-refractivity contribution in [2.75, 3.05) is 23.3 Å². The molecule has 1 heterocycles. The molecule has 0 amide bonds. The predicted molar refractivity (Wildman–Crippen MR) is 80.3 cm³/mol. The lowest BCUT2D eigenvalue weighted by molar-refractivity contribution is 0.598. The van der Waals surface area contributed by atoms with Crippen molar-refractivity contribution >= 4 is 48.2 Å². The van der Waals surface area contributed by atoms with Crippen LogP contribution in [-0.2, 0) is 10.0 Å². The van der Waals surface area contributed by atoms with E-state index in [9.17, 15) is 8.42 Å². The van der Waals surface area contributed by atoms with Gasteiger partial charge in [-0.15, -0.1) is 0 Å². The molecule has 102 valence electrons. The first kappa shape index (κ1) is 14.0. The Hall–Kier alpha value is -1.38. The maximum atomic E-state index is 10.9. The van der Waals surface area contributed by atoms with Gasteiger partial charge in [-0.2, -0.15) is 0 Å². The van der Waals surface area contributed by atoms with Crippen molar-refractivity contribution in [3.05, 3.63) is 28.9 Å². The lowest BCUT2D eigenvalue weighted by Gasteiger charge is -2.10. The van der Waals surface area contributed by atoms with Crippen LogP contribution < -0.4 is 16.2 Å². The first-order valence-electron chi connectivity index (χ1n) is 5.45. The van der Waals surface area contributed by atoms with E-state index in [1.54, 1.807) is 18.3 Å². The van der Waals surface area contributed by atoms with Crippen LogP contribution >= 0.6 is 15.9 Å². The molecule has 2 aromatic rings. The van der Waals surface area contributed by atoms with Gasteiger partial charge in [-0.3, -0.25) is 4.98 Å². The number of primary sulfonamides is 1. The Bertz CT molecular complexity index is 718. The summed E-state index contributed by atoms with van der Waals surface area (Å²) >= 11 is 3.34. The van der Waals surface area contributed by atoms with Crippen molar-refractivity contribution in [2.45, 2.75) is 0 Å². The van der Waals surface area contributed by atoms with Gasteiger partial charge in [-0.1, -0.05) is 0 Å². The third-order valence-electron chi connectivity index (χ3n) is 2.55. The monoisotopic (exact) mass is 344 g/mol. The number of rotatable bonds is 4. The second kappa shape index (κ2) is 5.32. The van der Waals surface area contributed by atoms with E-state index in [-0.39, 0.29) is 12.3 Å². The first-order chi connectivity index (χ1) is 8.87. The molecule has 1 aromatic carbocycles. The van der Waals surface area contributed by atoms with E-state index in [1.165, 1.54) is 0 Å². The summed E-state index contributed by atoms with van der Waals surface area (Å²) in [5.74, 6) is -0.143. The molecule has 0 aliphatic carbocycles. The molecule has 0 atom stereocenters. The highest BCUT2D eigenvalue weighted by Gasteiger charge is 2.07. The van der Waals surface area contributed by atoms with Crippen molar-refractivity contribution in [3.63, 3.8) is 0 Å². The number of pyridine rings is 1. The zero-order valence-electron chi connectivity index (χ0n) is 9.93. The molecule has 0 fully saturated rings. The second-order valence-electron chi connectivity index (χ2n) is 4.05. The average Bonchev–Trinajstić information content (AvgIpc) is 2.31. The van der Waals surface area contributed by atoms with Gasteiger partial charge in [0.05, 0.1) is 17.0 Å². The minimum absolute atomic E-state index is 0.143. The third-order valence-corrected chi connectivity index (χ3v) is 3.76. The lowest BCUT2D eigenvalue weighted by Crippen LogP contribution is -2.22. The van der Waals surface area contributed by atoms with Crippen LogP contribution in [0.25, 0.3) is 10.9 Å². The number of nitrogens with one attached hydrogen (secondary N) is 1. The summed E-state index contributed by atoms with van der Waals surface area (Å²) in [5.41, 5.74) is 7.91. The molecule has 2 rings (SSSR count). The Kier molecular flexibility index (Phi) is 3.93. The number of sulfonamides is 1. The van der Waals surface area contributed by atoms with Crippen LogP contribution in [0.15, 0.2) is 28.9 Å². The number of anilines is 2. The highest BCUT2D eigenvalue weighted by molar-refractivity contribution is 9.10. The predicted octanol–water partition coefficient (Wildman–Crippen LogP) is 1.28. The summed E-state index contributed by atoms with van der Waals surface area (Å²) in [4.78, 5) is 4.29. The number of fused-ring (bicyclic) bond motifs is 1. The normalized spacial score (nSPS) is 11.7. The first-order valence-corrected chi connectivity index (χ1v) is 7.96. The topological polar surface area (TPSA) is 111 Å². The zero-order valence-corrected chi connectivity index (χ0v) is 12.3. The summed E-state index contributed by atoms with van der Waals surface area (Å²) < 4.78 is 22.6. The molecule has 19 heavy (non-hydrogen) atoms. The Labute approximate surface area is 119 Å².